The fraction of sp³-hybridized carbons (Fsp3) is 0.222. The molecule has 0 atom stereocenters. The van der Waals surface area contributed by atoms with Gasteiger partial charge in [-0.15, -0.1) is 0 Å². The van der Waals surface area contributed by atoms with Crippen molar-refractivity contribution in [1.29, 1.82) is 0 Å². The number of carbonyl (C=O) groups excluding carboxylic acids is 2. The smallest absolute Gasteiger partial charge is 0.255 e. The molecule has 0 aromatic heterocycles. The van der Waals surface area contributed by atoms with Gasteiger partial charge in [0.25, 0.3) is 11.8 Å². The van der Waals surface area contributed by atoms with E-state index < -0.39 is 17.6 Å². The average molecular weight is 441 g/mol. The Balaban J connectivity index is 2.21. The maximum absolute atomic E-state index is 13.4. The Kier molecular flexibility index (Phi) is 7.00. The topological polar surface area (TPSA) is 99.9 Å². The van der Waals surface area contributed by atoms with Gasteiger partial charge in [-0.3, -0.25) is 9.59 Å². The third-order valence-corrected chi connectivity index (χ3v) is 3.91. The van der Waals surface area contributed by atoms with Crippen LogP contribution in [0.2, 0.25) is 0 Å². The molecule has 0 saturated carbocycles. The molecule has 7 nitrogen and oxygen atoms in total. The van der Waals surface area contributed by atoms with E-state index in [1.165, 1.54) is 38.5 Å². The third-order valence-electron chi connectivity index (χ3n) is 3.46. The Hall–Kier alpha value is -2.81. The van der Waals surface area contributed by atoms with Crippen LogP contribution in [0.1, 0.15) is 15.9 Å². The molecule has 0 bridgehead atoms. The second-order valence-corrected chi connectivity index (χ2v) is 6.34. The van der Waals surface area contributed by atoms with E-state index in [9.17, 15) is 14.0 Å². The molecule has 0 unspecified atom stereocenters. The molecule has 2 rings (SSSR count). The zero-order valence-corrected chi connectivity index (χ0v) is 16.3. The summed E-state index contributed by atoms with van der Waals surface area (Å²) in [7, 11) is 2.77. The van der Waals surface area contributed by atoms with Gasteiger partial charge >= 0.3 is 0 Å². The van der Waals surface area contributed by atoms with E-state index in [2.05, 4.69) is 21.2 Å². The summed E-state index contributed by atoms with van der Waals surface area (Å²) in [5.41, 5.74) is 5.91. The van der Waals surface area contributed by atoms with Crippen LogP contribution < -0.4 is 25.3 Å². The highest BCUT2D eigenvalue weighted by atomic mass is 79.9. The molecule has 0 fully saturated rings. The van der Waals surface area contributed by atoms with Crippen molar-refractivity contribution in [3.8, 4) is 17.2 Å². The van der Waals surface area contributed by atoms with E-state index in [4.69, 9.17) is 19.9 Å². The monoisotopic (exact) mass is 440 g/mol. The summed E-state index contributed by atoms with van der Waals surface area (Å²) in [6.07, 6.45) is 0. The van der Waals surface area contributed by atoms with Crippen molar-refractivity contribution in [2.24, 2.45) is 5.73 Å². The van der Waals surface area contributed by atoms with Gasteiger partial charge in [-0.1, -0.05) is 15.9 Å². The molecule has 0 spiro atoms. The minimum atomic E-state index is -0.665. The van der Waals surface area contributed by atoms with Crippen LogP contribution in [0.25, 0.3) is 0 Å². The van der Waals surface area contributed by atoms with E-state index in [-0.39, 0.29) is 36.0 Å². The predicted molar refractivity (Wildman–Crippen MR) is 99.5 cm³/mol. The molecule has 27 heavy (non-hydrogen) atoms. The molecule has 0 aliphatic rings. The van der Waals surface area contributed by atoms with Gasteiger partial charge in [-0.25, -0.2) is 4.39 Å². The first-order valence-corrected chi connectivity index (χ1v) is 8.53. The van der Waals surface area contributed by atoms with E-state index in [0.717, 1.165) is 0 Å². The van der Waals surface area contributed by atoms with Crippen molar-refractivity contribution < 1.29 is 28.2 Å². The highest BCUT2D eigenvalue weighted by Gasteiger charge is 2.18. The molecule has 0 heterocycles. The number of halogens is 2. The second kappa shape index (κ2) is 9.22. The van der Waals surface area contributed by atoms with Crippen LogP contribution in [0.4, 0.5) is 4.39 Å². The molecular formula is C18H18BrFN2O5. The first kappa shape index (κ1) is 20.5. The summed E-state index contributed by atoms with van der Waals surface area (Å²) < 4.78 is 29.7. The van der Waals surface area contributed by atoms with Gasteiger partial charge in [0.05, 0.1) is 14.2 Å². The van der Waals surface area contributed by atoms with Crippen LogP contribution in [-0.4, -0.2) is 32.6 Å². The molecule has 9 heteroatoms. The molecule has 2 aromatic carbocycles. The van der Waals surface area contributed by atoms with Gasteiger partial charge < -0.3 is 25.3 Å². The predicted octanol–water partition coefficient (Wildman–Crippen LogP) is 2.40. The summed E-state index contributed by atoms with van der Waals surface area (Å²) in [5, 5.41) is 2.69. The Bertz CT molecular complexity index is 814. The molecule has 3 N–H and O–H groups in total. The fourth-order valence-corrected chi connectivity index (χ4v) is 2.81. The van der Waals surface area contributed by atoms with Gasteiger partial charge in [0, 0.05) is 16.6 Å². The van der Waals surface area contributed by atoms with E-state index in [0.29, 0.717) is 10.0 Å². The first-order chi connectivity index (χ1) is 12.8. The SMILES string of the molecule is COc1cc(C(=O)NCc2cc(F)cc(Br)c2)cc(OC)c1OCC(N)=O. The lowest BCUT2D eigenvalue weighted by molar-refractivity contribution is -0.120. The van der Waals surface area contributed by atoms with Gasteiger partial charge in [0.15, 0.2) is 18.1 Å². The normalized spacial score (nSPS) is 10.2. The molecule has 0 saturated heterocycles. The maximum Gasteiger partial charge on any atom is 0.255 e. The number of rotatable bonds is 8. The lowest BCUT2D eigenvalue weighted by atomic mass is 10.1. The lowest BCUT2D eigenvalue weighted by Gasteiger charge is -2.15. The van der Waals surface area contributed by atoms with Crippen LogP contribution in [0.5, 0.6) is 17.2 Å². The summed E-state index contributed by atoms with van der Waals surface area (Å²) in [5.74, 6) is -0.934. The molecule has 0 radical (unpaired) electrons. The molecule has 2 amide bonds. The summed E-state index contributed by atoms with van der Waals surface area (Å²) in [6, 6.07) is 7.23. The van der Waals surface area contributed by atoms with E-state index >= 15 is 0 Å². The van der Waals surface area contributed by atoms with E-state index in [1.54, 1.807) is 6.07 Å². The lowest BCUT2D eigenvalue weighted by Crippen LogP contribution is -2.23. The van der Waals surface area contributed by atoms with Crippen LogP contribution in [0.15, 0.2) is 34.8 Å². The van der Waals surface area contributed by atoms with Crippen LogP contribution in [-0.2, 0) is 11.3 Å². The Labute approximate surface area is 163 Å². The van der Waals surface area contributed by atoms with Crippen LogP contribution in [0.3, 0.4) is 0 Å². The molecule has 2 aromatic rings. The Morgan fingerprint density at radius 1 is 1.11 bits per heavy atom. The summed E-state index contributed by atoms with van der Waals surface area (Å²) >= 11 is 3.20. The quantitative estimate of drug-likeness (QED) is 0.656. The third kappa shape index (κ3) is 5.58. The largest absolute Gasteiger partial charge is 0.493 e. The van der Waals surface area contributed by atoms with Gasteiger partial charge in [0.2, 0.25) is 5.75 Å². The van der Waals surface area contributed by atoms with Crippen molar-refractivity contribution >= 4 is 27.7 Å². The van der Waals surface area contributed by atoms with Crippen molar-refractivity contribution in [2.75, 3.05) is 20.8 Å². The summed E-state index contributed by atoms with van der Waals surface area (Å²) in [4.78, 5) is 23.4. The standard InChI is InChI=1S/C18H18BrFN2O5/c1-25-14-5-11(6-15(26-2)17(14)27-9-16(21)23)18(24)22-8-10-3-12(19)7-13(20)4-10/h3-7H,8-9H2,1-2H3,(H2,21,23)(H,22,24). The average Bonchev–Trinajstić information content (AvgIpc) is 2.62. The van der Waals surface area contributed by atoms with Crippen LogP contribution in [0, 0.1) is 5.82 Å². The van der Waals surface area contributed by atoms with Gasteiger partial charge in [-0.05, 0) is 35.9 Å². The zero-order valence-electron chi connectivity index (χ0n) is 14.7. The number of benzene rings is 2. The first-order valence-electron chi connectivity index (χ1n) is 7.74. The number of carbonyl (C=O) groups is 2. The van der Waals surface area contributed by atoms with Crippen molar-refractivity contribution in [3.05, 3.63) is 51.7 Å². The summed E-state index contributed by atoms with van der Waals surface area (Å²) in [6.45, 7) is -0.244. The maximum atomic E-state index is 13.4. The van der Waals surface area contributed by atoms with Crippen molar-refractivity contribution in [1.82, 2.24) is 5.32 Å². The van der Waals surface area contributed by atoms with Crippen molar-refractivity contribution in [2.45, 2.75) is 6.54 Å². The number of primary amides is 1. The van der Waals surface area contributed by atoms with Crippen molar-refractivity contribution in [3.63, 3.8) is 0 Å². The molecule has 144 valence electrons. The highest BCUT2D eigenvalue weighted by molar-refractivity contribution is 9.10. The number of ether oxygens (including phenoxy) is 3. The van der Waals surface area contributed by atoms with Gasteiger partial charge in [-0.2, -0.15) is 0 Å². The Morgan fingerprint density at radius 3 is 2.26 bits per heavy atom. The number of nitrogens with one attached hydrogen (secondary N) is 1. The number of hydrogen-bond donors (Lipinski definition) is 2. The number of amides is 2. The van der Waals surface area contributed by atoms with E-state index in [1.807, 2.05) is 0 Å². The number of nitrogens with two attached hydrogens (primary N) is 1. The zero-order chi connectivity index (χ0) is 20.0. The van der Waals surface area contributed by atoms with Gasteiger partial charge in [0.1, 0.15) is 5.82 Å². The number of hydrogen-bond acceptors (Lipinski definition) is 5. The fourth-order valence-electron chi connectivity index (χ4n) is 2.29. The molecule has 0 aliphatic heterocycles. The highest BCUT2D eigenvalue weighted by Crippen LogP contribution is 2.38. The molecular weight excluding hydrogens is 423 g/mol. The van der Waals surface area contributed by atoms with Crippen LogP contribution >= 0.6 is 15.9 Å². The second-order valence-electron chi connectivity index (χ2n) is 5.43. The number of methoxy groups -OCH3 is 2. The Morgan fingerprint density at radius 2 is 1.74 bits per heavy atom. The minimum Gasteiger partial charge on any atom is -0.493 e. The molecule has 0 aliphatic carbocycles. The minimum absolute atomic E-state index is 0.125.